The van der Waals surface area contributed by atoms with Gasteiger partial charge in [-0.05, 0) is 73.2 Å². The Balaban J connectivity index is 1.64. The topological polar surface area (TPSA) is 166 Å². The van der Waals surface area contributed by atoms with E-state index < -0.39 is 40.9 Å². The van der Waals surface area contributed by atoms with Crippen LogP contribution in [-0.4, -0.2) is 41.3 Å². The number of nitrogens with two attached hydrogens (primary N) is 1. The van der Waals surface area contributed by atoms with Crippen LogP contribution in [0.4, 0.5) is 33.7 Å². The summed E-state index contributed by atoms with van der Waals surface area (Å²) in [4.78, 5) is 29.3. The number of aromatic nitrogens is 1. The highest BCUT2D eigenvalue weighted by atomic mass is 19.4. The zero-order valence-electron chi connectivity index (χ0n) is 24.8. The fraction of sp³-hybridized carbons (Fsp3) is 0.281. The first-order valence-electron chi connectivity index (χ1n) is 14.4. The van der Waals surface area contributed by atoms with Gasteiger partial charge in [-0.3, -0.25) is 25.9 Å². The van der Waals surface area contributed by atoms with Crippen LogP contribution in [0.2, 0.25) is 0 Å². The van der Waals surface area contributed by atoms with Crippen LogP contribution in [0.15, 0.2) is 78.8 Å². The molecule has 1 heterocycles. The summed E-state index contributed by atoms with van der Waals surface area (Å²) < 4.78 is 59.9. The van der Waals surface area contributed by atoms with Gasteiger partial charge in [0.1, 0.15) is 23.1 Å². The molecule has 1 aliphatic carbocycles. The van der Waals surface area contributed by atoms with E-state index in [0.717, 1.165) is 25.3 Å². The molecule has 0 bridgehead atoms. The molecule has 242 valence electrons. The number of pyridine rings is 1. The molecule has 14 heteroatoms. The van der Waals surface area contributed by atoms with Gasteiger partial charge in [-0.1, -0.05) is 37.1 Å². The number of alkyl carbamates (subject to hydrolysis) is 1. The zero-order valence-corrected chi connectivity index (χ0v) is 24.8. The summed E-state index contributed by atoms with van der Waals surface area (Å²) >= 11 is 0. The number of carbonyl (C=O) groups is 2. The van der Waals surface area contributed by atoms with Crippen LogP contribution in [0, 0.1) is 22.6 Å². The molecule has 2 amide bonds. The molecular weight excluding hydrogens is 606 g/mol. The third-order valence-electron chi connectivity index (χ3n) is 7.32. The predicted molar refractivity (Wildman–Crippen MR) is 165 cm³/mol. The Morgan fingerprint density at radius 2 is 1.83 bits per heavy atom. The number of amidine groups is 1. The molecule has 0 radical (unpaired) electrons. The third-order valence-corrected chi connectivity index (χ3v) is 7.32. The standard InChI is InChI=1S/C32H33F4N7O3/c1-2-46-30(45)43-28(38)20-5-3-7-23(15-20)41-26(17-27(37)32(34,35)36)29(44)42-25-16-21(10-11-24(25)33)31(39,13-12-19-8-9-19)22-6-4-14-40-18-22/h3-7,10-11,14-19,37,41H,2,8-9,12-13,39H2,1H3,(H,42,44)(H2,38,43,45)/b26-17-,37-27?. The maximum atomic E-state index is 15.1. The Morgan fingerprint density at radius 3 is 2.48 bits per heavy atom. The van der Waals surface area contributed by atoms with Crippen LogP contribution in [0.5, 0.6) is 0 Å². The minimum Gasteiger partial charge on any atom is -0.450 e. The van der Waals surface area contributed by atoms with Crippen LogP contribution < -0.4 is 21.7 Å². The number of hydrogen-bond acceptors (Lipinski definition) is 8. The molecule has 4 rings (SSSR count). The molecule has 1 atom stereocenters. The number of carbonyl (C=O) groups excluding carboxylic acids is 2. The van der Waals surface area contributed by atoms with Crippen molar-refractivity contribution in [1.82, 2.24) is 10.3 Å². The lowest BCUT2D eigenvalue weighted by atomic mass is 9.80. The lowest BCUT2D eigenvalue weighted by Crippen LogP contribution is -2.38. The second kappa shape index (κ2) is 14.3. The van der Waals surface area contributed by atoms with E-state index in [0.29, 0.717) is 23.5 Å². The van der Waals surface area contributed by atoms with Gasteiger partial charge >= 0.3 is 12.3 Å². The van der Waals surface area contributed by atoms with Crippen LogP contribution >= 0.6 is 0 Å². The van der Waals surface area contributed by atoms with E-state index in [1.165, 1.54) is 36.4 Å². The Morgan fingerprint density at radius 1 is 1.07 bits per heavy atom. The number of hydrogen-bond donors (Lipinski definition) is 6. The molecule has 10 nitrogen and oxygen atoms in total. The van der Waals surface area contributed by atoms with Gasteiger partial charge in [-0.15, -0.1) is 0 Å². The summed E-state index contributed by atoms with van der Waals surface area (Å²) in [6.45, 7) is 1.64. The van der Waals surface area contributed by atoms with Crippen molar-refractivity contribution in [3.8, 4) is 0 Å². The van der Waals surface area contributed by atoms with Gasteiger partial charge in [0.05, 0.1) is 17.8 Å². The smallest absolute Gasteiger partial charge is 0.432 e. The lowest BCUT2D eigenvalue weighted by molar-refractivity contribution is -0.112. The summed E-state index contributed by atoms with van der Waals surface area (Å²) in [5.41, 5.74) is 4.20. The second-order valence-corrected chi connectivity index (χ2v) is 10.7. The van der Waals surface area contributed by atoms with Gasteiger partial charge in [0, 0.05) is 23.6 Å². The van der Waals surface area contributed by atoms with Crippen molar-refractivity contribution >= 4 is 34.9 Å². The van der Waals surface area contributed by atoms with Gasteiger partial charge in [0.2, 0.25) is 0 Å². The largest absolute Gasteiger partial charge is 0.450 e. The second-order valence-electron chi connectivity index (χ2n) is 10.7. The van der Waals surface area contributed by atoms with Crippen LogP contribution in [-0.2, 0) is 15.1 Å². The molecular formula is C32H33F4N7O3. The van der Waals surface area contributed by atoms with Crippen LogP contribution in [0.3, 0.4) is 0 Å². The summed E-state index contributed by atoms with van der Waals surface area (Å²) in [6, 6.07) is 13.0. The van der Waals surface area contributed by atoms with Crippen molar-refractivity contribution in [2.45, 2.75) is 44.3 Å². The monoisotopic (exact) mass is 639 g/mol. The normalized spacial score (nSPS) is 14.5. The molecule has 1 saturated carbocycles. The molecule has 0 saturated heterocycles. The first kappa shape index (κ1) is 33.8. The molecule has 46 heavy (non-hydrogen) atoms. The van der Waals surface area contributed by atoms with Crippen molar-refractivity contribution in [2.75, 3.05) is 17.2 Å². The predicted octanol–water partition coefficient (Wildman–Crippen LogP) is 6.20. The zero-order chi connectivity index (χ0) is 33.5. The molecule has 0 aliphatic heterocycles. The average Bonchev–Trinajstić information content (AvgIpc) is 3.85. The van der Waals surface area contributed by atoms with Crippen molar-refractivity contribution in [2.24, 2.45) is 11.7 Å². The van der Waals surface area contributed by atoms with Gasteiger partial charge in [-0.2, -0.15) is 13.2 Å². The maximum Gasteiger partial charge on any atom is 0.432 e. The Hall–Kier alpha value is -5.11. The van der Waals surface area contributed by atoms with Gasteiger partial charge < -0.3 is 21.1 Å². The molecule has 1 fully saturated rings. The number of nitrogens with one attached hydrogen (secondary N) is 5. The summed E-state index contributed by atoms with van der Waals surface area (Å²) in [5, 5.41) is 22.6. The van der Waals surface area contributed by atoms with Crippen molar-refractivity contribution < 1.29 is 31.9 Å². The van der Waals surface area contributed by atoms with E-state index in [9.17, 15) is 22.8 Å². The maximum absolute atomic E-state index is 15.1. The lowest BCUT2D eigenvalue weighted by Gasteiger charge is -2.31. The van der Waals surface area contributed by atoms with E-state index in [4.69, 9.17) is 21.3 Å². The molecule has 2 aromatic carbocycles. The van der Waals surface area contributed by atoms with E-state index in [-0.39, 0.29) is 35.5 Å². The summed E-state index contributed by atoms with van der Waals surface area (Å²) in [6.07, 6.45) is 1.01. The SMILES string of the molecule is CCOC(=O)NC(=N)c1cccc(N/C(=C\C(=N)C(F)(F)F)C(=O)Nc2cc(C(N)(CCC3CC3)c3cccnc3)ccc2F)c1. The molecule has 3 aromatic rings. The van der Waals surface area contributed by atoms with E-state index in [1.54, 1.807) is 31.5 Å². The fourth-order valence-corrected chi connectivity index (χ4v) is 4.64. The van der Waals surface area contributed by atoms with Crippen LogP contribution in [0.1, 0.15) is 49.3 Å². The molecule has 0 spiro atoms. The number of halogens is 4. The number of amides is 2. The number of nitrogens with zero attached hydrogens (tertiary/aromatic N) is 1. The number of anilines is 2. The quantitative estimate of drug-likeness (QED) is 0.0597. The first-order valence-corrected chi connectivity index (χ1v) is 14.4. The van der Waals surface area contributed by atoms with Crippen molar-refractivity contribution in [3.05, 3.63) is 101 Å². The number of ether oxygens (including phenoxy) is 1. The third kappa shape index (κ3) is 8.75. The van der Waals surface area contributed by atoms with Gasteiger partial charge in [-0.25, -0.2) is 9.18 Å². The molecule has 1 aliphatic rings. The Bertz CT molecular complexity index is 1640. The first-order chi connectivity index (χ1) is 21.8. The van der Waals surface area contributed by atoms with Crippen molar-refractivity contribution in [1.29, 1.82) is 10.8 Å². The van der Waals surface area contributed by atoms with Gasteiger partial charge in [0.25, 0.3) is 5.91 Å². The van der Waals surface area contributed by atoms with Crippen LogP contribution in [0.25, 0.3) is 0 Å². The minimum atomic E-state index is -5.09. The number of rotatable bonds is 12. The number of allylic oxidation sites excluding steroid dienone is 1. The fourth-order valence-electron chi connectivity index (χ4n) is 4.64. The molecule has 7 N–H and O–H groups in total. The highest BCUT2D eigenvalue weighted by Gasteiger charge is 2.35. The number of alkyl halides is 3. The Kier molecular flexibility index (Phi) is 10.5. The van der Waals surface area contributed by atoms with Crippen molar-refractivity contribution in [3.63, 3.8) is 0 Å². The summed E-state index contributed by atoms with van der Waals surface area (Å²) in [7, 11) is 0. The Labute approximate surface area is 262 Å². The van der Waals surface area contributed by atoms with E-state index in [1.807, 2.05) is 0 Å². The van der Waals surface area contributed by atoms with Gasteiger partial charge in [0.15, 0.2) is 0 Å². The highest BCUT2D eigenvalue weighted by molar-refractivity contribution is 6.11. The summed E-state index contributed by atoms with van der Waals surface area (Å²) in [5.74, 6) is -1.89. The molecule has 1 unspecified atom stereocenters. The highest BCUT2D eigenvalue weighted by Crippen LogP contribution is 2.40. The minimum absolute atomic E-state index is 0.0381. The van der Waals surface area contributed by atoms with E-state index in [2.05, 4.69) is 20.9 Å². The average molecular weight is 640 g/mol. The van der Waals surface area contributed by atoms with E-state index >= 15 is 4.39 Å². The number of benzene rings is 2. The molecule has 1 aromatic heterocycles.